The molecule has 1 saturated carbocycles. The summed E-state index contributed by atoms with van der Waals surface area (Å²) in [6.07, 6.45) is 8.33. The van der Waals surface area contributed by atoms with Crippen molar-refractivity contribution in [1.82, 2.24) is 9.78 Å². The van der Waals surface area contributed by atoms with Gasteiger partial charge < -0.3 is 11.1 Å². The first kappa shape index (κ1) is 16.5. The molecule has 3 rings (SSSR count). The molecule has 3 N–H and O–H groups in total. The van der Waals surface area contributed by atoms with E-state index in [4.69, 9.17) is 5.73 Å². The normalized spacial score (nSPS) is 16.6. The van der Waals surface area contributed by atoms with Crippen LogP contribution in [0.1, 0.15) is 32.1 Å². The van der Waals surface area contributed by atoms with Crippen LogP contribution in [0.3, 0.4) is 0 Å². The second-order valence-corrected chi connectivity index (χ2v) is 5.67. The molecule has 0 saturated heterocycles. The number of benzene rings is 1. The number of nitrogens with one attached hydrogen (secondary N) is 1. The Morgan fingerprint density at radius 3 is 2.68 bits per heavy atom. The first-order valence-electron chi connectivity index (χ1n) is 7.38. The highest BCUT2D eigenvalue weighted by molar-refractivity contribution is 5.98. The van der Waals surface area contributed by atoms with Crippen LogP contribution >= 0.6 is 12.4 Å². The number of aromatic nitrogens is 2. The monoisotopic (exact) mass is 320 g/mol. The van der Waals surface area contributed by atoms with E-state index in [1.54, 1.807) is 10.9 Å². The summed E-state index contributed by atoms with van der Waals surface area (Å²) in [6.45, 7) is 0. The smallest absolute Gasteiger partial charge is 0.244 e. The van der Waals surface area contributed by atoms with Crippen molar-refractivity contribution >= 4 is 24.0 Å². The van der Waals surface area contributed by atoms with Crippen LogP contribution in [-0.4, -0.2) is 21.2 Å². The predicted molar refractivity (Wildman–Crippen MR) is 89.4 cm³/mol. The average Bonchev–Trinajstić information content (AvgIpc) is 3.02. The Kier molecular flexibility index (Phi) is 5.21. The van der Waals surface area contributed by atoms with Gasteiger partial charge in [-0.25, -0.2) is 4.68 Å². The van der Waals surface area contributed by atoms with Crippen LogP contribution in [0.2, 0.25) is 0 Å². The maximum absolute atomic E-state index is 12.4. The Balaban J connectivity index is 0.00000176. The topological polar surface area (TPSA) is 72.9 Å². The number of amides is 1. The van der Waals surface area contributed by atoms with E-state index in [2.05, 4.69) is 10.4 Å². The summed E-state index contributed by atoms with van der Waals surface area (Å²) in [5.74, 6) is -0.0835. The van der Waals surface area contributed by atoms with Gasteiger partial charge in [-0.2, -0.15) is 5.10 Å². The summed E-state index contributed by atoms with van der Waals surface area (Å²) in [5.41, 5.74) is 7.19. The number of halogens is 1. The molecule has 0 radical (unpaired) electrons. The Labute approximate surface area is 136 Å². The minimum absolute atomic E-state index is 0. The molecule has 0 bridgehead atoms. The van der Waals surface area contributed by atoms with Crippen molar-refractivity contribution in [3.8, 4) is 5.69 Å². The average molecular weight is 321 g/mol. The van der Waals surface area contributed by atoms with E-state index in [1.807, 2.05) is 36.5 Å². The van der Waals surface area contributed by atoms with E-state index in [1.165, 1.54) is 6.42 Å². The largest absolute Gasteiger partial charge is 0.324 e. The standard InChI is InChI=1S/C16H20N4O.ClH/c17-16(8-2-1-3-9-16)15(21)19-13-6-4-7-14(12-13)20-11-5-10-18-20;/h4-7,10-12H,1-3,8-9,17H2,(H,19,21);1H. The van der Waals surface area contributed by atoms with Crippen LogP contribution < -0.4 is 11.1 Å². The lowest BCUT2D eigenvalue weighted by molar-refractivity contribution is -0.122. The molecule has 1 fully saturated rings. The molecule has 0 atom stereocenters. The molecule has 2 aromatic rings. The Hall–Kier alpha value is -1.85. The third-order valence-electron chi connectivity index (χ3n) is 4.07. The van der Waals surface area contributed by atoms with Crippen molar-refractivity contribution in [2.24, 2.45) is 5.73 Å². The summed E-state index contributed by atoms with van der Waals surface area (Å²) >= 11 is 0. The van der Waals surface area contributed by atoms with Gasteiger partial charge in [-0.1, -0.05) is 25.3 Å². The summed E-state index contributed by atoms with van der Waals surface area (Å²) in [7, 11) is 0. The van der Waals surface area contributed by atoms with Crippen LogP contribution in [0.15, 0.2) is 42.7 Å². The number of hydrogen-bond donors (Lipinski definition) is 2. The molecule has 1 aliphatic rings. The van der Waals surface area contributed by atoms with Gasteiger partial charge in [-0.3, -0.25) is 4.79 Å². The Bertz CT molecular complexity index is 621. The van der Waals surface area contributed by atoms with Crippen molar-refractivity contribution in [2.75, 3.05) is 5.32 Å². The molecular formula is C16H21ClN4O. The maximum atomic E-state index is 12.4. The number of hydrogen-bond acceptors (Lipinski definition) is 3. The van der Waals surface area contributed by atoms with Gasteiger partial charge >= 0.3 is 0 Å². The van der Waals surface area contributed by atoms with Crippen LogP contribution in [0.25, 0.3) is 5.69 Å². The highest BCUT2D eigenvalue weighted by atomic mass is 35.5. The number of carbonyl (C=O) groups is 1. The summed E-state index contributed by atoms with van der Waals surface area (Å²) in [6, 6.07) is 9.48. The second kappa shape index (κ2) is 6.94. The van der Waals surface area contributed by atoms with Gasteiger partial charge in [0.05, 0.1) is 11.2 Å². The Morgan fingerprint density at radius 1 is 1.23 bits per heavy atom. The predicted octanol–water partition coefficient (Wildman–Crippen LogP) is 2.89. The van der Waals surface area contributed by atoms with Gasteiger partial charge in [0.1, 0.15) is 0 Å². The first-order chi connectivity index (χ1) is 10.2. The fourth-order valence-electron chi connectivity index (χ4n) is 2.81. The number of nitrogens with two attached hydrogens (primary N) is 1. The molecule has 5 nitrogen and oxygen atoms in total. The molecule has 1 heterocycles. The van der Waals surface area contributed by atoms with Crippen molar-refractivity contribution in [1.29, 1.82) is 0 Å². The SMILES string of the molecule is Cl.NC1(C(=O)Nc2cccc(-n3cccn3)c2)CCCCC1. The van der Waals surface area contributed by atoms with Gasteiger partial charge in [0.2, 0.25) is 5.91 Å². The molecule has 1 aromatic carbocycles. The quantitative estimate of drug-likeness (QED) is 0.913. The molecular weight excluding hydrogens is 300 g/mol. The van der Waals surface area contributed by atoms with Crippen molar-refractivity contribution in [2.45, 2.75) is 37.6 Å². The third kappa shape index (κ3) is 3.48. The van der Waals surface area contributed by atoms with Gasteiger partial charge in [0.25, 0.3) is 0 Å². The van der Waals surface area contributed by atoms with Crippen molar-refractivity contribution < 1.29 is 4.79 Å². The number of nitrogens with zero attached hydrogens (tertiary/aromatic N) is 2. The van der Waals surface area contributed by atoms with Crippen LogP contribution in [0.5, 0.6) is 0 Å². The van der Waals surface area contributed by atoms with E-state index in [0.29, 0.717) is 0 Å². The molecule has 118 valence electrons. The van der Waals surface area contributed by atoms with E-state index in [0.717, 1.165) is 37.1 Å². The van der Waals surface area contributed by atoms with E-state index in [-0.39, 0.29) is 18.3 Å². The van der Waals surface area contributed by atoms with E-state index < -0.39 is 5.54 Å². The van der Waals surface area contributed by atoms with Crippen molar-refractivity contribution in [3.63, 3.8) is 0 Å². The minimum Gasteiger partial charge on any atom is -0.324 e. The zero-order chi connectivity index (χ0) is 14.7. The van der Waals surface area contributed by atoms with Crippen LogP contribution in [0, 0.1) is 0 Å². The molecule has 22 heavy (non-hydrogen) atoms. The second-order valence-electron chi connectivity index (χ2n) is 5.67. The van der Waals surface area contributed by atoms with Crippen molar-refractivity contribution in [3.05, 3.63) is 42.7 Å². The fourth-order valence-corrected chi connectivity index (χ4v) is 2.81. The lowest BCUT2D eigenvalue weighted by Crippen LogP contribution is -2.52. The maximum Gasteiger partial charge on any atom is 0.244 e. The van der Waals surface area contributed by atoms with E-state index >= 15 is 0 Å². The molecule has 0 unspecified atom stereocenters. The minimum atomic E-state index is -0.722. The van der Waals surface area contributed by atoms with Gasteiger partial charge in [-0.05, 0) is 37.1 Å². The van der Waals surface area contributed by atoms with Gasteiger partial charge in [0, 0.05) is 18.1 Å². The third-order valence-corrected chi connectivity index (χ3v) is 4.07. The highest BCUT2D eigenvalue weighted by Gasteiger charge is 2.35. The molecule has 1 amide bonds. The fraction of sp³-hybridized carbons (Fsp3) is 0.375. The Morgan fingerprint density at radius 2 is 2.00 bits per heavy atom. The summed E-state index contributed by atoms with van der Waals surface area (Å²) in [5, 5.41) is 7.14. The van der Waals surface area contributed by atoms with Crippen LogP contribution in [-0.2, 0) is 4.79 Å². The lowest BCUT2D eigenvalue weighted by atomic mass is 9.82. The van der Waals surface area contributed by atoms with E-state index in [9.17, 15) is 4.79 Å². The van der Waals surface area contributed by atoms with Gasteiger partial charge in [-0.15, -0.1) is 12.4 Å². The highest BCUT2D eigenvalue weighted by Crippen LogP contribution is 2.27. The zero-order valence-electron chi connectivity index (χ0n) is 12.4. The number of carbonyl (C=O) groups excluding carboxylic acids is 1. The van der Waals surface area contributed by atoms with Gasteiger partial charge in [0.15, 0.2) is 0 Å². The molecule has 6 heteroatoms. The zero-order valence-corrected chi connectivity index (χ0v) is 13.2. The molecule has 1 aromatic heterocycles. The summed E-state index contributed by atoms with van der Waals surface area (Å²) in [4.78, 5) is 12.4. The molecule has 0 spiro atoms. The lowest BCUT2D eigenvalue weighted by Gasteiger charge is -2.31. The van der Waals surface area contributed by atoms with Crippen LogP contribution in [0.4, 0.5) is 5.69 Å². The number of rotatable bonds is 3. The first-order valence-corrected chi connectivity index (χ1v) is 7.38. The molecule has 1 aliphatic carbocycles. The molecule has 0 aliphatic heterocycles. The summed E-state index contributed by atoms with van der Waals surface area (Å²) < 4.78 is 1.76. The number of anilines is 1.